The third-order valence-corrected chi connectivity index (χ3v) is 2.96. The molecule has 0 saturated heterocycles. The van der Waals surface area contributed by atoms with Crippen LogP contribution in [-0.4, -0.2) is 14.3 Å². The van der Waals surface area contributed by atoms with Crippen LogP contribution in [0.2, 0.25) is 0 Å². The molecule has 8 heteroatoms. The second-order valence-corrected chi connectivity index (χ2v) is 4.13. The number of hydrazone groups is 1. The maximum atomic E-state index is 11.6. The Hall–Kier alpha value is -1.70. The molecular formula is C8H13N5O2S. The first-order chi connectivity index (χ1) is 7.47. The molecule has 0 aromatic carbocycles. The molecule has 0 spiro atoms. The maximum absolute atomic E-state index is 11.6. The third-order valence-electron chi connectivity index (χ3n) is 2.12. The lowest BCUT2D eigenvalue weighted by molar-refractivity contribution is 0.665. The van der Waals surface area contributed by atoms with Crippen LogP contribution in [0.5, 0.6) is 0 Å². The number of hydrogen-bond acceptors (Lipinski definition) is 5. The Morgan fingerprint density at radius 3 is 2.62 bits per heavy atom. The number of rotatable bonds is 2. The van der Waals surface area contributed by atoms with E-state index in [1.165, 1.54) is 17.7 Å². The zero-order valence-electron chi connectivity index (χ0n) is 9.01. The molecule has 1 aromatic rings. The summed E-state index contributed by atoms with van der Waals surface area (Å²) >= 11 is 1.16. The molecule has 0 aliphatic rings. The van der Waals surface area contributed by atoms with E-state index < -0.39 is 0 Å². The van der Waals surface area contributed by atoms with Crippen molar-refractivity contribution in [1.29, 1.82) is 0 Å². The minimum atomic E-state index is -0.369. The summed E-state index contributed by atoms with van der Waals surface area (Å²) in [6.07, 6.45) is 0. The predicted molar refractivity (Wildman–Crippen MR) is 64.0 cm³/mol. The Kier molecular flexibility index (Phi) is 3.78. The first-order valence-corrected chi connectivity index (χ1v) is 5.38. The van der Waals surface area contributed by atoms with Gasteiger partial charge in [-0.3, -0.25) is 13.9 Å². The number of hydrogen-bond donors (Lipinski definition) is 2. The number of nitrogens with two attached hydrogens (primary N) is 2. The highest BCUT2D eigenvalue weighted by Gasteiger charge is 2.06. The molecule has 7 nitrogen and oxygen atoms in total. The van der Waals surface area contributed by atoms with Gasteiger partial charge in [-0.25, -0.2) is 4.79 Å². The van der Waals surface area contributed by atoms with Crippen LogP contribution in [0.4, 0.5) is 0 Å². The van der Waals surface area contributed by atoms with Gasteiger partial charge in [0.05, 0.1) is 0 Å². The van der Waals surface area contributed by atoms with Crippen molar-refractivity contribution in [2.45, 2.75) is 5.75 Å². The summed E-state index contributed by atoms with van der Waals surface area (Å²) in [6.45, 7) is 0. The van der Waals surface area contributed by atoms with Crippen LogP contribution >= 0.6 is 11.8 Å². The van der Waals surface area contributed by atoms with E-state index in [4.69, 9.17) is 11.6 Å². The van der Waals surface area contributed by atoms with Gasteiger partial charge in [-0.05, 0) is 0 Å². The summed E-state index contributed by atoms with van der Waals surface area (Å²) in [7, 11) is 3.02. The molecule has 0 saturated carbocycles. The van der Waals surface area contributed by atoms with Crippen LogP contribution in [-0.2, 0) is 19.8 Å². The Bertz CT molecular complexity index is 530. The molecule has 1 heterocycles. The smallest absolute Gasteiger partial charge is 0.330 e. The standard InChI is InChI=1S/C8H13N5O2S/c1-12-5(4-16-7(9)11-10)3-6(14)13(2)8(12)15/h3H,4,10H2,1-2H3,(H2,9,11). The maximum Gasteiger partial charge on any atom is 0.330 e. The summed E-state index contributed by atoms with van der Waals surface area (Å²) in [6, 6.07) is 1.39. The van der Waals surface area contributed by atoms with Gasteiger partial charge in [0.25, 0.3) is 5.56 Å². The topological polar surface area (TPSA) is 108 Å². The van der Waals surface area contributed by atoms with Crippen LogP contribution in [0, 0.1) is 0 Å². The SMILES string of the molecule is Cn1c(CSC(N)=NN)cc(=O)n(C)c1=O. The van der Waals surface area contributed by atoms with E-state index in [1.807, 2.05) is 0 Å². The second-order valence-electron chi connectivity index (χ2n) is 3.13. The van der Waals surface area contributed by atoms with Crippen molar-refractivity contribution in [2.24, 2.45) is 30.8 Å². The highest BCUT2D eigenvalue weighted by Crippen LogP contribution is 2.07. The summed E-state index contributed by atoms with van der Waals surface area (Å²) in [4.78, 5) is 22.9. The van der Waals surface area contributed by atoms with E-state index in [1.54, 1.807) is 7.05 Å². The van der Waals surface area contributed by atoms with Crippen LogP contribution in [0.15, 0.2) is 20.8 Å². The van der Waals surface area contributed by atoms with Crippen LogP contribution in [0.25, 0.3) is 0 Å². The van der Waals surface area contributed by atoms with Crippen LogP contribution < -0.4 is 22.8 Å². The van der Waals surface area contributed by atoms with E-state index in [-0.39, 0.29) is 16.4 Å². The lowest BCUT2D eigenvalue weighted by Gasteiger charge is -2.08. The lowest BCUT2D eigenvalue weighted by Crippen LogP contribution is -2.37. The Morgan fingerprint density at radius 2 is 2.06 bits per heavy atom. The zero-order valence-corrected chi connectivity index (χ0v) is 9.82. The molecule has 16 heavy (non-hydrogen) atoms. The second kappa shape index (κ2) is 4.88. The van der Waals surface area contributed by atoms with Gasteiger partial charge in [0.15, 0.2) is 5.17 Å². The van der Waals surface area contributed by atoms with E-state index in [9.17, 15) is 9.59 Å². The first-order valence-electron chi connectivity index (χ1n) is 4.39. The average molecular weight is 243 g/mol. The van der Waals surface area contributed by atoms with Crippen molar-refractivity contribution in [1.82, 2.24) is 9.13 Å². The fourth-order valence-corrected chi connectivity index (χ4v) is 1.75. The lowest BCUT2D eigenvalue weighted by atomic mass is 10.4. The van der Waals surface area contributed by atoms with E-state index in [0.29, 0.717) is 11.4 Å². The zero-order chi connectivity index (χ0) is 12.3. The fourth-order valence-electron chi connectivity index (χ4n) is 1.10. The van der Waals surface area contributed by atoms with Gasteiger partial charge in [-0.15, -0.1) is 0 Å². The first kappa shape index (κ1) is 12.4. The van der Waals surface area contributed by atoms with Crippen molar-refractivity contribution in [3.63, 3.8) is 0 Å². The molecule has 0 radical (unpaired) electrons. The number of nitrogens with zero attached hydrogens (tertiary/aromatic N) is 3. The molecular weight excluding hydrogens is 230 g/mol. The molecule has 0 aliphatic carbocycles. The predicted octanol–water partition coefficient (Wildman–Crippen LogP) is -1.49. The molecule has 0 aliphatic heterocycles. The largest absolute Gasteiger partial charge is 0.377 e. The van der Waals surface area contributed by atoms with Crippen molar-refractivity contribution in [2.75, 3.05) is 0 Å². The van der Waals surface area contributed by atoms with Crippen molar-refractivity contribution < 1.29 is 0 Å². The molecule has 0 bridgehead atoms. The van der Waals surface area contributed by atoms with Crippen LogP contribution in [0.1, 0.15) is 5.69 Å². The van der Waals surface area contributed by atoms with Gasteiger partial charge in [0.2, 0.25) is 0 Å². The normalized spacial score (nSPS) is 11.8. The number of aromatic nitrogens is 2. The minimum absolute atomic E-state index is 0.202. The Labute approximate surface area is 95.7 Å². The molecule has 1 rings (SSSR count). The summed E-state index contributed by atoms with van der Waals surface area (Å²) in [5, 5.41) is 3.48. The molecule has 4 N–H and O–H groups in total. The highest BCUT2D eigenvalue weighted by molar-refractivity contribution is 8.13. The van der Waals surface area contributed by atoms with Gasteiger partial charge in [0.1, 0.15) is 0 Å². The molecule has 0 amide bonds. The van der Waals surface area contributed by atoms with E-state index in [0.717, 1.165) is 16.3 Å². The molecule has 0 unspecified atom stereocenters. The van der Waals surface area contributed by atoms with Crippen molar-refractivity contribution >= 4 is 16.9 Å². The van der Waals surface area contributed by atoms with Gasteiger partial charge < -0.3 is 11.6 Å². The Balaban J connectivity index is 3.08. The quantitative estimate of drug-likeness (QED) is 0.284. The van der Waals surface area contributed by atoms with E-state index >= 15 is 0 Å². The number of amidine groups is 1. The summed E-state index contributed by atoms with van der Waals surface area (Å²) < 4.78 is 2.42. The van der Waals surface area contributed by atoms with Gasteiger partial charge >= 0.3 is 5.69 Å². The fraction of sp³-hybridized carbons (Fsp3) is 0.375. The van der Waals surface area contributed by atoms with Crippen molar-refractivity contribution in [3.8, 4) is 0 Å². The third kappa shape index (κ3) is 2.45. The van der Waals surface area contributed by atoms with Gasteiger partial charge in [0, 0.05) is 31.6 Å². The van der Waals surface area contributed by atoms with Crippen molar-refractivity contribution in [3.05, 3.63) is 32.6 Å². The molecule has 0 fully saturated rings. The van der Waals surface area contributed by atoms with Crippen LogP contribution in [0.3, 0.4) is 0 Å². The van der Waals surface area contributed by atoms with Gasteiger partial charge in [-0.1, -0.05) is 11.8 Å². The number of thioether (sulfide) groups is 1. The van der Waals surface area contributed by atoms with Gasteiger partial charge in [-0.2, -0.15) is 5.10 Å². The summed E-state index contributed by atoms with van der Waals surface area (Å²) in [5.74, 6) is 5.34. The average Bonchev–Trinajstić information content (AvgIpc) is 2.28. The molecule has 1 aromatic heterocycles. The Morgan fingerprint density at radius 1 is 1.44 bits per heavy atom. The molecule has 0 atom stereocenters. The molecule has 88 valence electrons. The monoisotopic (exact) mass is 243 g/mol. The summed E-state index contributed by atoms with van der Waals surface area (Å²) in [5.41, 5.74) is 5.25. The van der Waals surface area contributed by atoms with E-state index in [2.05, 4.69) is 5.10 Å². The highest BCUT2D eigenvalue weighted by atomic mass is 32.2. The minimum Gasteiger partial charge on any atom is -0.377 e.